The van der Waals surface area contributed by atoms with Crippen molar-refractivity contribution in [1.82, 2.24) is 23.7 Å². The summed E-state index contributed by atoms with van der Waals surface area (Å²) in [6.45, 7) is 1.96. The first-order chi connectivity index (χ1) is 11.2. The molecule has 0 spiro atoms. The number of aromatic nitrogens is 2. The number of halogens is 1. The molecule has 12 heteroatoms. The third-order valence-electron chi connectivity index (χ3n) is 3.93. The lowest BCUT2D eigenvalue weighted by Crippen LogP contribution is -2.50. The number of amides is 1. The molecule has 0 aromatic carbocycles. The van der Waals surface area contributed by atoms with Crippen LogP contribution in [0.4, 0.5) is 0 Å². The number of rotatable bonds is 4. The molecule has 0 bridgehead atoms. The van der Waals surface area contributed by atoms with Gasteiger partial charge in [-0.1, -0.05) is 0 Å². The molecule has 0 unspecified atom stereocenters. The number of carbonyl (C=O) groups is 1. The van der Waals surface area contributed by atoms with Gasteiger partial charge in [0.15, 0.2) is 4.90 Å². The number of likely N-dealkylation sites (N-methyl/N-ethyl adjacent to an activating group) is 1. The zero-order valence-electron chi connectivity index (χ0n) is 14.3. The molecule has 0 saturated carbocycles. The first-order valence-electron chi connectivity index (χ1n) is 7.37. The van der Waals surface area contributed by atoms with Crippen LogP contribution in [-0.4, -0.2) is 72.4 Å². The van der Waals surface area contributed by atoms with E-state index in [9.17, 15) is 22.8 Å². The molecule has 2 heterocycles. The normalized spacial score (nSPS) is 15.1. The minimum Gasteiger partial charge on any atom is -0.339 e. The van der Waals surface area contributed by atoms with Gasteiger partial charge in [0.25, 0.3) is 5.56 Å². The molecule has 1 amide bonds. The Hall–Kier alpha value is -1.69. The highest BCUT2D eigenvalue weighted by molar-refractivity contribution is 7.89. The fourth-order valence-electron chi connectivity index (χ4n) is 2.41. The molecular weight excluding hydrogens is 374 g/mol. The van der Waals surface area contributed by atoms with Gasteiger partial charge in [-0.05, 0) is 0 Å². The summed E-state index contributed by atoms with van der Waals surface area (Å²) >= 11 is 0. The highest BCUT2D eigenvalue weighted by atomic mass is 35.5. The number of sulfonamides is 1. The van der Waals surface area contributed by atoms with Gasteiger partial charge < -0.3 is 14.8 Å². The van der Waals surface area contributed by atoms with Crippen molar-refractivity contribution in [2.24, 2.45) is 14.1 Å². The fraction of sp³-hybridized carbons (Fsp3) is 0.615. The molecule has 25 heavy (non-hydrogen) atoms. The largest absolute Gasteiger partial charge is 0.339 e. The van der Waals surface area contributed by atoms with Gasteiger partial charge in [-0.3, -0.25) is 14.2 Å². The number of nitrogens with zero attached hydrogens (tertiary/aromatic N) is 4. The second-order valence-corrected chi connectivity index (χ2v) is 7.66. The van der Waals surface area contributed by atoms with E-state index in [1.54, 1.807) is 4.90 Å². The van der Waals surface area contributed by atoms with E-state index >= 15 is 0 Å². The summed E-state index contributed by atoms with van der Waals surface area (Å²) in [6, 6.07) is 0. The van der Waals surface area contributed by atoms with Crippen molar-refractivity contribution in [1.29, 1.82) is 0 Å². The predicted octanol–water partition coefficient (Wildman–Crippen LogP) is -2.44. The summed E-state index contributed by atoms with van der Waals surface area (Å²) in [4.78, 5) is 37.0. The van der Waals surface area contributed by atoms with Gasteiger partial charge in [0, 0.05) is 53.5 Å². The van der Waals surface area contributed by atoms with E-state index < -0.39 is 26.2 Å². The SMILES string of the molecule is CN(CC(=O)N1CCNCC1)S(=O)(=O)c1cn(C)c(=O)n(C)c1=O.Cl. The molecule has 1 N–H and O–H groups in total. The first-order valence-corrected chi connectivity index (χ1v) is 8.81. The minimum atomic E-state index is -4.19. The molecule has 1 saturated heterocycles. The molecule has 1 aromatic rings. The number of aryl methyl sites for hydroxylation is 1. The van der Waals surface area contributed by atoms with Gasteiger partial charge in [0.05, 0.1) is 6.54 Å². The second-order valence-electron chi connectivity index (χ2n) is 5.64. The van der Waals surface area contributed by atoms with E-state index in [1.165, 1.54) is 21.1 Å². The molecule has 1 aromatic heterocycles. The lowest BCUT2D eigenvalue weighted by Gasteiger charge is -2.29. The molecular formula is C13H22ClN5O5S. The Bertz CT molecular complexity index is 857. The van der Waals surface area contributed by atoms with E-state index in [2.05, 4.69) is 5.32 Å². The Kier molecular flexibility index (Phi) is 6.94. The van der Waals surface area contributed by atoms with Crippen LogP contribution in [-0.2, 0) is 28.9 Å². The van der Waals surface area contributed by atoms with Crippen LogP contribution in [0, 0.1) is 0 Å². The van der Waals surface area contributed by atoms with E-state index in [-0.39, 0.29) is 24.9 Å². The molecule has 0 atom stereocenters. The van der Waals surface area contributed by atoms with Crippen molar-refractivity contribution in [2.75, 3.05) is 39.8 Å². The van der Waals surface area contributed by atoms with Crippen LogP contribution in [0.15, 0.2) is 20.7 Å². The van der Waals surface area contributed by atoms with Crippen LogP contribution in [0.1, 0.15) is 0 Å². The standard InChI is InChI=1S/C13H21N5O5S.ClH/c1-15-8-10(12(20)17(3)13(15)21)24(22,23)16(2)9-11(19)18-6-4-14-5-7-18;/h8,14H,4-7,9H2,1-3H3;1H. The van der Waals surface area contributed by atoms with Gasteiger partial charge in [0.2, 0.25) is 15.9 Å². The highest BCUT2D eigenvalue weighted by Crippen LogP contribution is 2.09. The maximum atomic E-state index is 12.6. The maximum absolute atomic E-state index is 12.6. The van der Waals surface area contributed by atoms with Crippen LogP contribution in [0.25, 0.3) is 0 Å². The summed E-state index contributed by atoms with van der Waals surface area (Å²) in [5, 5.41) is 3.10. The van der Waals surface area contributed by atoms with Crippen LogP contribution in [0.3, 0.4) is 0 Å². The monoisotopic (exact) mass is 395 g/mol. The lowest BCUT2D eigenvalue weighted by atomic mass is 10.3. The Morgan fingerprint density at radius 1 is 1.24 bits per heavy atom. The zero-order valence-corrected chi connectivity index (χ0v) is 15.9. The van der Waals surface area contributed by atoms with Gasteiger partial charge in [-0.2, -0.15) is 4.31 Å². The van der Waals surface area contributed by atoms with E-state index in [0.29, 0.717) is 26.2 Å². The van der Waals surface area contributed by atoms with Crippen molar-refractivity contribution >= 4 is 28.3 Å². The van der Waals surface area contributed by atoms with Crippen molar-refractivity contribution in [2.45, 2.75) is 4.90 Å². The zero-order chi connectivity index (χ0) is 18.1. The van der Waals surface area contributed by atoms with Crippen molar-refractivity contribution < 1.29 is 13.2 Å². The second kappa shape index (κ2) is 8.13. The summed E-state index contributed by atoms with van der Waals surface area (Å²) in [5.74, 6) is -0.329. The van der Waals surface area contributed by atoms with Crippen molar-refractivity contribution in [3.05, 3.63) is 27.0 Å². The molecule has 1 fully saturated rings. The van der Waals surface area contributed by atoms with Crippen molar-refractivity contribution in [3.63, 3.8) is 0 Å². The minimum absolute atomic E-state index is 0. The highest BCUT2D eigenvalue weighted by Gasteiger charge is 2.29. The van der Waals surface area contributed by atoms with E-state index in [1.807, 2.05) is 0 Å². The number of hydrogen-bond donors (Lipinski definition) is 1. The summed E-state index contributed by atoms with van der Waals surface area (Å²) < 4.78 is 27.8. The number of carbonyl (C=O) groups excluding carboxylic acids is 1. The maximum Gasteiger partial charge on any atom is 0.330 e. The smallest absolute Gasteiger partial charge is 0.330 e. The topological polar surface area (TPSA) is 114 Å². The lowest BCUT2D eigenvalue weighted by molar-refractivity contribution is -0.131. The molecule has 10 nitrogen and oxygen atoms in total. The summed E-state index contributed by atoms with van der Waals surface area (Å²) in [7, 11) is -0.394. The summed E-state index contributed by atoms with van der Waals surface area (Å²) in [5.41, 5.74) is -1.54. The number of piperazine rings is 1. The summed E-state index contributed by atoms with van der Waals surface area (Å²) in [6.07, 6.45) is 0.978. The third-order valence-corrected chi connectivity index (χ3v) is 5.72. The quantitative estimate of drug-likeness (QED) is 0.605. The average Bonchev–Trinajstić information content (AvgIpc) is 2.56. The molecule has 0 aliphatic carbocycles. The Morgan fingerprint density at radius 2 is 1.80 bits per heavy atom. The molecule has 142 valence electrons. The fourth-order valence-corrected chi connectivity index (χ4v) is 3.67. The van der Waals surface area contributed by atoms with Gasteiger partial charge in [-0.25, -0.2) is 13.2 Å². The van der Waals surface area contributed by atoms with Gasteiger partial charge in [0.1, 0.15) is 0 Å². The van der Waals surface area contributed by atoms with E-state index in [4.69, 9.17) is 0 Å². The van der Waals surface area contributed by atoms with Crippen LogP contribution in [0.2, 0.25) is 0 Å². The third kappa shape index (κ3) is 4.29. The Morgan fingerprint density at radius 3 is 2.36 bits per heavy atom. The van der Waals surface area contributed by atoms with Gasteiger partial charge >= 0.3 is 5.69 Å². The molecule has 1 aliphatic heterocycles. The molecule has 1 aliphatic rings. The Labute approximate surface area is 151 Å². The predicted molar refractivity (Wildman–Crippen MR) is 93.4 cm³/mol. The molecule has 2 rings (SSSR count). The van der Waals surface area contributed by atoms with Crippen LogP contribution >= 0.6 is 12.4 Å². The van der Waals surface area contributed by atoms with E-state index in [0.717, 1.165) is 19.6 Å². The van der Waals surface area contributed by atoms with Crippen LogP contribution < -0.4 is 16.6 Å². The molecule has 0 radical (unpaired) electrons. The van der Waals surface area contributed by atoms with Crippen molar-refractivity contribution in [3.8, 4) is 0 Å². The number of hydrogen-bond acceptors (Lipinski definition) is 6. The Balaban J connectivity index is 0.00000312. The number of nitrogens with one attached hydrogen (secondary N) is 1. The first kappa shape index (κ1) is 21.4. The van der Waals surface area contributed by atoms with Crippen LogP contribution in [0.5, 0.6) is 0 Å². The average molecular weight is 396 g/mol. The van der Waals surface area contributed by atoms with Gasteiger partial charge in [-0.15, -0.1) is 12.4 Å².